The highest BCUT2D eigenvalue weighted by Crippen LogP contribution is 2.39. The van der Waals surface area contributed by atoms with E-state index in [2.05, 4.69) is 0 Å². The van der Waals surface area contributed by atoms with Crippen LogP contribution in [0.15, 0.2) is 0 Å². The van der Waals surface area contributed by atoms with Crippen molar-refractivity contribution in [2.45, 2.75) is 64.8 Å². The van der Waals surface area contributed by atoms with Crippen LogP contribution < -0.4 is 0 Å². The largest absolute Gasteiger partial charge is 0.460 e. The van der Waals surface area contributed by atoms with Crippen LogP contribution in [0.4, 0.5) is 0 Å². The van der Waals surface area contributed by atoms with Gasteiger partial charge in [-0.1, -0.05) is 0 Å². The highest BCUT2D eigenvalue weighted by molar-refractivity contribution is 5.86. The lowest BCUT2D eigenvalue weighted by Gasteiger charge is -2.29. The molecular formula is C14H23NO4. The summed E-state index contributed by atoms with van der Waals surface area (Å²) in [6.45, 7) is 9.83. The minimum Gasteiger partial charge on any atom is -0.460 e. The van der Waals surface area contributed by atoms with Gasteiger partial charge in [0.05, 0.1) is 25.0 Å². The summed E-state index contributed by atoms with van der Waals surface area (Å²) in [6.07, 6.45) is 0.848. The van der Waals surface area contributed by atoms with Crippen molar-refractivity contribution in [3.05, 3.63) is 0 Å². The van der Waals surface area contributed by atoms with Crippen molar-refractivity contribution in [3.63, 3.8) is 0 Å². The monoisotopic (exact) mass is 269 g/mol. The molecule has 0 radical (unpaired) electrons. The van der Waals surface area contributed by atoms with Gasteiger partial charge < -0.3 is 14.4 Å². The first-order valence-electron chi connectivity index (χ1n) is 6.79. The highest BCUT2D eigenvalue weighted by Gasteiger charge is 2.52. The maximum atomic E-state index is 12.3. The van der Waals surface area contributed by atoms with Gasteiger partial charge in [0.15, 0.2) is 0 Å². The lowest BCUT2D eigenvalue weighted by atomic mass is 10.0. The van der Waals surface area contributed by atoms with Gasteiger partial charge in [-0.2, -0.15) is 0 Å². The van der Waals surface area contributed by atoms with E-state index in [0.29, 0.717) is 13.0 Å². The van der Waals surface area contributed by atoms with E-state index < -0.39 is 11.3 Å². The van der Waals surface area contributed by atoms with Gasteiger partial charge in [-0.05, 0) is 41.0 Å². The van der Waals surface area contributed by atoms with Crippen LogP contribution in [0.2, 0.25) is 0 Å². The Morgan fingerprint density at radius 2 is 2.11 bits per heavy atom. The number of esters is 1. The lowest BCUT2D eigenvalue weighted by molar-refractivity contribution is -0.159. The third-order valence-corrected chi connectivity index (χ3v) is 3.55. The molecule has 0 aromatic carbocycles. The molecule has 108 valence electrons. The highest BCUT2D eigenvalue weighted by atomic mass is 16.6. The number of hydrogen-bond donors (Lipinski definition) is 0. The quantitative estimate of drug-likeness (QED) is 0.716. The molecule has 19 heavy (non-hydrogen) atoms. The number of ether oxygens (including phenoxy) is 2. The second kappa shape index (κ2) is 4.47. The molecular weight excluding hydrogens is 246 g/mol. The van der Waals surface area contributed by atoms with Crippen LogP contribution in [0.25, 0.3) is 0 Å². The summed E-state index contributed by atoms with van der Waals surface area (Å²) in [5.41, 5.74) is -1.05. The maximum Gasteiger partial charge on any atom is 0.307 e. The molecule has 2 rings (SSSR count). The number of hydrogen-bond acceptors (Lipinski definition) is 4. The fraction of sp³-hybridized carbons (Fsp3) is 0.857. The van der Waals surface area contributed by atoms with E-state index in [0.717, 1.165) is 0 Å². The van der Waals surface area contributed by atoms with Crippen molar-refractivity contribution in [1.82, 2.24) is 4.90 Å². The van der Waals surface area contributed by atoms with Crippen LogP contribution >= 0.6 is 0 Å². The molecule has 2 atom stereocenters. The predicted octanol–water partition coefficient (Wildman–Crippen LogP) is 1.70. The summed E-state index contributed by atoms with van der Waals surface area (Å²) in [7, 11) is 0. The Hall–Kier alpha value is -1.10. The molecule has 0 aromatic rings. The Morgan fingerprint density at radius 1 is 1.47 bits per heavy atom. The van der Waals surface area contributed by atoms with Crippen molar-refractivity contribution in [2.24, 2.45) is 5.92 Å². The Kier molecular flexibility index (Phi) is 3.37. The van der Waals surface area contributed by atoms with Crippen molar-refractivity contribution in [2.75, 3.05) is 6.61 Å². The van der Waals surface area contributed by atoms with E-state index in [4.69, 9.17) is 9.47 Å². The predicted molar refractivity (Wildman–Crippen MR) is 69.2 cm³/mol. The van der Waals surface area contributed by atoms with E-state index in [1.807, 2.05) is 34.6 Å². The Labute approximate surface area is 114 Å². The van der Waals surface area contributed by atoms with Gasteiger partial charge in [-0.25, -0.2) is 0 Å². The minimum atomic E-state index is -0.551. The van der Waals surface area contributed by atoms with Crippen LogP contribution in [0, 0.1) is 5.92 Å². The average Bonchev–Trinajstić information content (AvgIpc) is 2.65. The molecule has 5 nitrogen and oxygen atoms in total. The van der Waals surface area contributed by atoms with Crippen LogP contribution in [-0.4, -0.2) is 40.8 Å². The molecule has 1 amide bonds. The minimum absolute atomic E-state index is 0.0124. The summed E-state index contributed by atoms with van der Waals surface area (Å²) < 4.78 is 10.9. The van der Waals surface area contributed by atoms with Gasteiger partial charge in [-0.15, -0.1) is 0 Å². The fourth-order valence-electron chi connectivity index (χ4n) is 2.88. The summed E-state index contributed by atoms with van der Waals surface area (Å²) in [6, 6.07) is 0.106. The number of carbonyl (C=O) groups excluding carboxylic acids is 2. The SMILES string of the molecule is CC(C)(C)OC(=O)C[C@@H]1C[C@H]2COC(C)(C)N2C1=O. The standard InChI is InChI=1S/C14H23NO4/c1-13(2,3)19-11(16)7-9-6-10-8-18-14(4,5)15(10)12(9)17/h9-10H,6-8H2,1-5H3/t9-,10-/m0/s1. The zero-order valence-corrected chi connectivity index (χ0v) is 12.4. The zero-order valence-electron chi connectivity index (χ0n) is 12.4. The number of rotatable bonds is 2. The van der Waals surface area contributed by atoms with E-state index in [-0.39, 0.29) is 30.3 Å². The molecule has 2 heterocycles. The molecule has 2 aliphatic rings. The zero-order chi connectivity index (χ0) is 14.4. The summed E-state index contributed by atoms with van der Waals surface area (Å²) in [4.78, 5) is 25.9. The molecule has 2 saturated heterocycles. The number of nitrogens with zero attached hydrogens (tertiary/aromatic N) is 1. The third-order valence-electron chi connectivity index (χ3n) is 3.55. The van der Waals surface area contributed by atoms with Crippen molar-refractivity contribution < 1.29 is 19.1 Å². The molecule has 0 aromatic heterocycles. The fourth-order valence-corrected chi connectivity index (χ4v) is 2.88. The second-order valence-corrected chi connectivity index (χ2v) is 6.84. The number of fused-ring (bicyclic) bond motifs is 1. The number of carbonyl (C=O) groups is 2. The molecule has 0 aliphatic carbocycles. The second-order valence-electron chi connectivity index (χ2n) is 6.84. The van der Waals surface area contributed by atoms with E-state index in [1.165, 1.54) is 0 Å². The Balaban J connectivity index is 1.98. The normalized spacial score (nSPS) is 29.5. The van der Waals surface area contributed by atoms with E-state index in [1.54, 1.807) is 4.90 Å². The summed E-state index contributed by atoms with van der Waals surface area (Å²) in [5.74, 6) is -0.549. The summed E-state index contributed by atoms with van der Waals surface area (Å²) in [5, 5.41) is 0. The molecule has 0 unspecified atom stereocenters. The third kappa shape index (κ3) is 2.91. The molecule has 0 N–H and O–H groups in total. The number of amides is 1. The smallest absolute Gasteiger partial charge is 0.307 e. The van der Waals surface area contributed by atoms with Gasteiger partial charge >= 0.3 is 5.97 Å². The van der Waals surface area contributed by atoms with E-state index >= 15 is 0 Å². The van der Waals surface area contributed by atoms with E-state index in [9.17, 15) is 9.59 Å². The molecule has 0 saturated carbocycles. The first kappa shape index (κ1) is 14.3. The van der Waals surface area contributed by atoms with Crippen LogP contribution in [0.1, 0.15) is 47.5 Å². The van der Waals surface area contributed by atoms with Crippen LogP contribution in [-0.2, 0) is 19.1 Å². The molecule has 0 bridgehead atoms. The van der Waals surface area contributed by atoms with Gasteiger partial charge in [0.1, 0.15) is 11.3 Å². The topological polar surface area (TPSA) is 55.8 Å². The van der Waals surface area contributed by atoms with Gasteiger partial charge in [0.2, 0.25) is 5.91 Å². The van der Waals surface area contributed by atoms with Gasteiger partial charge in [0.25, 0.3) is 0 Å². The molecule has 0 spiro atoms. The Morgan fingerprint density at radius 3 is 2.63 bits per heavy atom. The summed E-state index contributed by atoms with van der Waals surface area (Å²) >= 11 is 0. The molecule has 5 heteroatoms. The van der Waals surface area contributed by atoms with Gasteiger partial charge in [0, 0.05) is 0 Å². The maximum absolute atomic E-state index is 12.3. The van der Waals surface area contributed by atoms with Gasteiger partial charge in [-0.3, -0.25) is 9.59 Å². The van der Waals surface area contributed by atoms with Crippen LogP contribution in [0.5, 0.6) is 0 Å². The lowest BCUT2D eigenvalue weighted by Crippen LogP contribution is -2.44. The first-order chi connectivity index (χ1) is 8.60. The van der Waals surface area contributed by atoms with Crippen LogP contribution in [0.3, 0.4) is 0 Å². The Bertz CT molecular complexity index is 397. The molecule has 2 fully saturated rings. The van der Waals surface area contributed by atoms with Crippen molar-refractivity contribution >= 4 is 11.9 Å². The average molecular weight is 269 g/mol. The first-order valence-corrected chi connectivity index (χ1v) is 6.79. The van der Waals surface area contributed by atoms with Crippen molar-refractivity contribution in [1.29, 1.82) is 0 Å². The molecule has 2 aliphatic heterocycles. The van der Waals surface area contributed by atoms with Crippen molar-refractivity contribution in [3.8, 4) is 0 Å².